The molecule has 1 aromatic heterocycles. The lowest BCUT2D eigenvalue weighted by Gasteiger charge is -2.37. The molecule has 0 saturated heterocycles. The van der Waals surface area contributed by atoms with Gasteiger partial charge >= 0.3 is 6.18 Å². The molecule has 0 bridgehead atoms. The number of alkyl halides is 3. The minimum Gasteiger partial charge on any atom is -0.336 e. The molecule has 248 valence electrons. The van der Waals surface area contributed by atoms with Gasteiger partial charge in [-0.05, 0) is 70.6 Å². The SMILES string of the molecule is O=C([C@H](Cc1ccccc1)N(Cc1ccc(-c2ccccn2)cc1)C(=O)C=Cc1ccc(C(F)(F)F)cc1)N1CCc2cccc(Cl)c2C1. The van der Waals surface area contributed by atoms with Gasteiger partial charge in [-0.2, -0.15) is 13.2 Å². The molecule has 1 atom stereocenters. The second-order valence-corrected chi connectivity index (χ2v) is 12.3. The van der Waals surface area contributed by atoms with Crippen molar-refractivity contribution in [3.63, 3.8) is 0 Å². The van der Waals surface area contributed by atoms with E-state index in [1.54, 1.807) is 16.0 Å². The zero-order valence-electron chi connectivity index (χ0n) is 26.5. The van der Waals surface area contributed by atoms with E-state index in [9.17, 15) is 22.8 Å². The molecule has 1 aliphatic rings. The number of halogens is 4. The molecule has 4 aromatic carbocycles. The molecule has 0 N–H and O–H groups in total. The van der Waals surface area contributed by atoms with Crippen molar-refractivity contribution in [2.45, 2.75) is 38.1 Å². The lowest BCUT2D eigenvalue weighted by Crippen LogP contribution is -2.52. The van der Waals surface area contributed by atoms with Gasteiger partial charge in [-0.15, -0.1) is 0 Å². The Morgan fingerprint density at radius 1 is 0.857 bits per heavy atom. The zero-order chi connectivity index (χ0) is 34.4. The highest BCUT2D eigenvalue weighted by Gasteiger charge is 2.34. The van der Waals surface area contributed by atoms with Crippen molar-refractivity contribution in [2.75, 3.05) is 6.54 Å². The number of benzene rings is 4. The fourth-order valence-electron chi connectivity index (χ4n) is 6.01. The van der Waals surface area contributed by atoms with Crippen LogP contribution in [0.25, 0.3) is 17.3 Å². The van der Waals surface area contributed by atoms with Gasteiger partial charge in [0.1, 0.15) is 6.04 Å². The van der Waals surface area contributed by atoms with Crippen molar-refractivity contribution in [3.05, 3.63) is 166 Å². The normalized spacial score (nSPS) is 13.6. The van der Waals surface area contributed by atoms with Gasteiger partial charge in [-0.1, -0.05) is 96.5 Å². The van der Waals surface area contributed by atoms with Crippen molar-refractivity contribution in [3.8, 4) is 11.3 Å². The quantitative estimate of drug-likeness (QED) is 0.147. The highest BCUT2D eigenvalue weighted by molar-refractivity contribution is 6.31. The second-order valence-electron chi connectivity index (χ2n) is 11.9. The van der Waals surface area contributed by atoms with Gasteiger partial charge in [0.05, 0.1) is 11.3 Å². The molecule has 0 saturated carbocycles. The van der Waals surface area contributed by atoms with E-state index in [0.29, 0.717) is 30.1 Å². The Labute approximate surface area is 288 Å². The minimum atomic E-state index is -4.47. The van der Waals surface area contributed by atoms with Crippen molar-refractivity contribution in [2.24, 2.45) is 0 Å². The summed E-state index contributed by atoms with van der Waals surface area (Å²) in [5.41, 5.74) is 5.04. The van der Waals surface area contributed by atoms with E-state index in [1.807, 2.05) is 91.0 Å². The fourth-order valence-corrected chi connectivity index (χ4v) is 6.26. The average Bonchev–Trinajstić information content (AvgIpc) is 3.12. The van der Waals surface area contributed by atoms with Crippen molar-refractivity contribution in [1.82, 2.24) is 14.8 Å². The predicted molar refractivity (Wildman–Crippen MR) is 185 cm³/mol. The lowest BCUT2D eigenvalue weighted by molar-refractivity contribution is -0.144. The number of carbonyl (C=O) groups is 2. The molecular formula is C40H33ClF3N3O2. The summed E-state index contributed by atoms with van der Waals surface area (Å²) >= 11 is 6.55. The molecule has 0 spiro atoms. The first kappa shape index (κ1) is 33.7. The van der Waals surface area contributed by atoms with E-state index in [0.717, 1.165) is 45.6 Å². The van der Waals surface area contributed by atoms with Crippen molar-refractivity contribution >= 4 is 29.5 Å². The van der Waals surface area contributed by atoms with Crippen molar-refractivity contribution < 1.29 is 22.8 Å². The minimum absolute atomic E-state index is 0.118. The summed E-state index contributed by atoms with van der Waals surface area (Å²) in [4.78, 5) is 36.4. The summed E-state index contributed by atoms with van der Waals surface area (Å²) in [6, 6.07) is 32.3. The summed E-state index contributed by atoms with van der Waals surface area (Å²) in [6.07, 6.45) is 0.941. The molecule has 5 aromatic rings. The maximum absolute atomic E-state index is 14.6. The highest BCUT2D eigenvalue weighted by atomic mass is 35.5. The Bertz CT molecular complexity index is 1930. The molecule has 49 heavy (non-hydrogen) atoms. The number of aromatic nitrogens is 1. The summed E-state index contributed by atoms with van der Waals surface area (Å²) in [5.74, 6) is -0.658. The van der Waals surface area contributed by atoms with Crippen LogP contribution in [0.2, 0.25) is 5.02 Å². The van der Waals surface area contributed by atoms with E-state index in [2.05, 4.69) is 4.98 Å². The first-order chi connectivity index (χ1) is 23.7. The molecule has 9 heteroatoms. The fraction of sp³-hybridized carbons (Fsp3) is 0.175. The first-order valence-corrected chi connectivity index (χ1v) is 16.3. The molecule has 0 aliphatic carbocycles. The van der Waals surface area contributed by atoms with Crippen LogP contribution < -0.4 is 0 Å². The number of hydrogen-bond donors (Lipinski definition) is 0. The predicted octanol–water partition coefficient (Wildman–Crippen LogP) is 8.66. The Morgan fingerprint density at radius 3 is 2.29 bits per heavy atom. The van der Waals surface area contributed by atoms with Crippen LogP contribution in [0.4, 0.5) is 13.2 Å². The van der Waals surface area contributed by atoms with Crippen LogP contribution >= 0.6 is 11.6 Å². The number of nitrogens with zero attached hydrogens (tertiary/aromatic N) is 3. The van der Waals surface area contributed by atoms with Crippen molar-refractivity contribution in [1.29, 1.82) is 0 Å². The zero-order valence-corrected chi connectivity index (χ0v) is 27.2. The standard InChI is InChI=1S/C40H33ClF3N3O2/c41-35-10-6-9-31-22-24-46(27-34(31)35)39(49)37(25-29-7-2-1-3-8-29)47(26-30-12-17-32(18-13-30)36-11-4-5-23-45-36)38(48)21-16-28-14-19-33(20-15-28)40(42,43)44/h1-21,23,37H,22,24-27H2/t37-/m0/s1. The summed E-state index contributed by atoms with van der Waals surface area (Å²) < 4.78 is 39.4. The number of hydrogen-bond acceptors (Lipinski definition) is 3. The Hall–Kier alpha value is -5.21. The molecule has 0 unspecified atom stereocenters. The summed E-state index contributed by atoms with van der Waals surface area (Å²) in [5, 5.41) is 0.593. The third-order valence-electron chi connectivity index (χ3n) is 8.67. The smallest absolute Gasteiger partial charge is 0.336 e. The van der Waals surface area contributed by atoms with Crippen LogP contribution in [-0.2, 0) is 41.7 Å². The topological polar surface area (TPSA) is 53.5 Å². The molecule has 6 rings (SSSR count). The Morgan fingerprint density at radius 2 is 1.59 bits per heavy atom. The van der Waals surface area contributed by atoms with Gasteiger partial charge in [-0.3, -0.25) is 14.6 Å². The first-order valence-electron chi connectivity index (χ1n) is 15.9. The summed E-state index contributed by atoms with van der Waals surface area (Å²) in [7, 11) is 0. The maximum atomic E-state index is 14.6. The molecule has 2 heterocycles. The van der Waals surface area contributed by atoms with E-state index in [-0.39, 0.29) is 18.9 Å². The van der Waals surface area contributed by atoms with Crippen LogP contribution in [0.1, 0.15) is 33.4 Å². The van der Waals surface area contributed by atoms with Gasteiger partial charge in [0.25, 0.3) is 0 Å². The second kappa shape index (κ2) is 14.9. The third-order valence-corrected chi connectivity index (χ3v) is 9.02. The molecule has 5 nitrogen and oxygen atoms in total. The number of rotatable bonds is 9. The lowest BCUT2D eigenvalue weighted by atomic mass is 9.97. The molecular weight excluding hydrogens is 647 g/mol. The molecule has 0 fully saturated rings. The van der Waals surface area contributed by atoms with Gasteiger partial charge in [0, 0.05) is 48.9 Å². The van der Waals surface area contributed by atoms with Gasteiger partial charge < -0.3 is 9.80 Å². The summed E-state index contributed by atoms with van der Waals surface area (Å²) in [6.45, 7) is 0.911. The van der Waals surface area contributed by atoms with Crippen LogP contribution in [0, 0.1) is 0 Å². The Kier molecular flexibility index (Phi) is 10.3. The van der Waals surface area contributed by atoms with Crippen LogP contribution in [0.15, 0.2) is 128 Å². The van der Waals surface area contributed by atoms with Gasteiger partial charge in [0.15, 0.2) is 0 Å². The van der Waals surface area contributed by atoms with Gasteiger partial charge in [-0.25, -0.2) is 0 Å². The van der Waals surface area contributed by atoms with E-state index < -0.39 is 23.7 Å². The monoisotopic (exact) mass is 679 g/mol. The van der Waals surface area contributed by atoms with Crippen LogP contribution in [0.5, 0.6) is 0 Å². The maximum Gasteiger partial charge on any atom is 0.416 e. The number of amides is 2. The Balaban J connectivity index is 1.34. The van der Waals surface area contributed by atoms with Crippen LogP contribution in [0.3, 0.4) is 0 Å². The number of fused-ring (bicyclic) bond motifs is 1. The van der Waals surface area contributed by atoms with E-state index in [1.165, 1.54) is 24.3 Å². The molecule has 1 aliphatic heterocycles. The third kappa shape index (κ3) is 8.27. The van der Waals surface area contributed by atoms with E-state index in [4.69, 9.17) is 11.6 Å². The molecule has 0 radical (unpaired) electrons. The number of carbonyl (C=O) groups excluding carboxylic acids is 2. The van der Waals surface area contributed by atoms with Crippen LogP contribution in [-0.4, -0.2) is 39.2 Å². The average molecular weight is 680 g/mol. The largest absolute Gasteiger partial charge is 0.416 e. The number of pyridine rings is 1. The highest BCUT2D eigenvalue weighted by Crippen LogP contribution is 2.30. The van der Waals surface area contributed by atoms with Gasteiger partial charge in [0.2, 0.25) is 11.8 Å². The van der Waals surface area contributed by atoms with E-state index >= 15 is 0 Å². The molecule has 2 amide bonds.